The molecule has 3 heteroatoms. The monoisotopic (exact) mass is 283 g/mol. The van der Waals surface area contributed by atoms with Gasteiger partial charge in [0, 0.05) is 37.7 Å². The van der Waals surface area contributed by atoms with Crippen LogP contribution >= 0.6 is 0 Å². The standard InChI is InChI=1S/C18H25N3/c1-16-5-4-6-18(15-16)21(14-13-20(2)3)12-9-17-7-10-19-11-8-17/h4-8,10-11,15H,9,12-14H2,1-3H3. The Morgan fingerprint density at radius 3 is 2.38 bits per heavy atom. The van der Waals surface area contributed by atoms with Crippen LogP contribution in [0.5, 0.6) is 0 Å². The summed E-state index contributed by atoms with van der Waals surface area (Å²) in [6, 6.07) is 13.0. The topological polar surface area (TPSA) is 19.4 Å². The van der Waals surface area contributed by atoms with Gasteiger partial charge in [0.15, 0.2) is 0 Å². The smallest absolute Gasteiger partial charge is 0.0369 e. The molecule has 0 N–H and O–H groups in total. The Labute approximate surface area is 128 Å². The largest absolute Gasteiger partial charge is 0.370 e. The second kappa shape index (κ2) is 7.79. The summed E-state index contributed by atoms with van der Waals surface area (Å²) in [5, 5.41) is 0. The molecule has 0 saturated heterocycles. The van der Waals surface area contributed by atoms with Crippen molar-refractivity contribution in [3.8, 4) is 0 Å². The molecule has 112 valence electrons. The second-order valence-corrected chi connectivity index (χ2v) is 5.73. The molecule has 0 amide bonds. The van der Waals surface area contributed by atoms with Crippen molar-refractivity contribution in [2.75, 3.05) is 38.6 Å². The van der Waals surface area contributed by atoms with Crippen LogP contribution in [0.4, 0.5) is 5.69 Å². The van der Waals surface area contributed by atoms with Crippen LogP contribution in [0.3, 0.4) is 0 Å². The SMILES string of the molecule is Cc1cccc(N(CCc2ccncc2)CCN(C)C)c1. The number of hydrogen-bond donors (Lipinski definition) is 0. The van der Waals surface area contributed by atoms with Crippen molar-refractivity contribution in [1.29, 1.82) is 0 Å². The van der Waals surface area contributed by atoms with Gasteiger partial charge < -0.3 is 9.80 Å². The third kappa shape index (κ3) is 5.20. The number of anilines is 1. The summed E-state index contributed by atoms with van der Waals surface area (Å²) in [7, 11) is 4.24. The maximum atomic E-state index is 4.08. The van der Waals surface area contributed by atoms with Crippen LogP contribution in [-0.4, -0.2) is 43.6 Å². The van der Waals surface area contributed by atoms with E-state index in [-0.39, 0.29) is 0 Å². The maximum Gasteiger partial charge on any atom is 0.0369 e. The van der Waals surface area contributed by atoms with E-state index < -0.39 is 0 Å². The summed E-state index contributed by atoms with van der Waals surface area (Å²) in [4.78, 5) is 8.78. The van der Waals surface area contributed by atoms with Gasteiger partial charge in [-0.15, -0.1) is 0 Å². The van der Waals surface area contributed by atoms with Crippen molar-refractivity contribution in [3.63, 3.8) is 0 Å². The van der Waals surface area contributed by atoms with Gasteiger partial charge in [0.2, 0.25) is 0 Å². The van der Waals surface area contributed by atoms with Gasteiger partial charge in [-0.1, -0.05) is 12.1 Å². The van der Waals surface area contributed by atoms with Gasteiger partial charge in [-0.3, -0.25) is 4.98 Å². The lowest BCUT2D eigenvalue weighted by Crippen LogP contribution is -2.33. The Hall–Kier alpha value is -1.87. The highest BCUT2D eigenvalue weighted by Gasteiger charge is 2.07. The van der Waals surface area contributed by atoms with E-state index in [2.05, 4.69) is 72.2 Å². The lowest BCUT2D eigenvalue weighted by Gasteiger charge is -2.27. The van der Waals surface area contributed by atoms with Crippen LogP contribution in [0.1, 0.15) is 11.1 Å². The van der Waals surface area contributed by atoms with Crippen molar-refractivity contribution in [2.45, 2.75) is 13.3 Å². The first-order valence-corrected chi connectivity index (χ1v) is 7.50. The first kappa shape index (κ1) is 15.5. The van der Waals surface area contributed by atoms with Crippen molar-refractivity contribution in [3.05, 3.63) is 59.9 Å². The molecular weight excluding hydrogens is 258 g/mol. The quantitative estimate of drug-likeness (QED) is 0.778. The average Bonchev–Trinajstić information content (AvgIpc) is 2.48. The van der Waals surface area contributed by atoms with Gasteiger partial charge in [-0.25, -0.2) is 0 Å². The minimum Gasteiger partial charge on any atom is -0.370 e. The molecule has 2 rings (SSSR count). The van der Waals surface area contributed by atoms with Crippen molar-refractivity contribution < 1.29 is 0 Å². The summed E-state index contributed by atoms with van der Waals surface area (Å²) >= 11 is 0. The van der Waals surface area contributed by atoms with Crippen LogP contribution in [0.15, 0.2) is 48.8 Å². The number of aryl methyl sites for hydroxylation is 1. The third-order valence-electron chi connectivity index (χ3n) is 3.60. The molecule has 0 aliphatic carbocycles. The number of aromatic nitrogens is 1. The Morgan fingerprint density at radius 2 is 1.71 bits per heavy atom. The van der Waals surface area contributed by atoms with Gasteiger partial charge in [0.05, 0.1) is 0 Å². The zero-order chi connectivity index (χ0) is 15.1. The predicted molar refractivity (Wildman–Crippen MR) is 89.9 cm³/mol. The molecule has 0 spiro atoms. The van der Waals surface area contributed by atoms with E-state index in [1.807, 2.05) is 12.4 Å². The Kier molecular flexibility index (Phi) is 5.76. The fourth-order valence-corrected chi connectivity index (χ4v) is 2.33. The zero-order valence-corrected chi connectivity index (χ0v) is 13.3. The molecule has 3 nitrogen and oxygen atoms in total. The van der Waals surface area contributed by atoms with Gasteiger partial charge >= 0.3 is 0 Å². The molecule has 0 fully saturated rings. The first-order valence-electron chi connectivity index (χ1n) is 7.50. The van der Waals surface area contributed by atoms with Gasteiger partial charge in [-0.2, -0.15) is 0 Å². The molecule has 0 aliphatic heterocycles. The normalized spacial score (nSPS) is 10.9. The number of pyridine rings is 1. The summed E-state index contributed by atoms with van der Waals surface area (Å²) in [5.74, 6) is 0. The highest BCUT2D eigenvalue weighted by atomic mass is 15.2. The summed E-state index contributed by atoms with van der Waals surface area (Å²) < 4.78 is 0. The first-order chi connectivity index (χ1) is 10.1. The molecule has 0 bridgehead atoms. The van der Waals surface area contributed by atoms with E-state index in [9.17, 15) is 0 Å². The van der Waals surface area contributed by atoms with Crippen LogP contribution in [0, 0.1) is 6.92 Å². The van der Waals surface area contributed by atoms with E-state index in [1.165, 1.54) is 16.8 Å². The van der Waals surface area contributed by atoms with Crippen molar-refractivity contribution >= 4 is 5.69 Å². The fraction of sp³-hybridized carbons (Fsp3) is 0.389. The molecule has 0 aliphatic rings. The number of hydrogen-bond acceptors (Lipinski definition) is 3. The number of nitrogens with zero attached hydrogens (tertiary/aromatic N) is 3. The maximum absolute atomic E-state index is 4.08. The van der Waals surface area contributed by atoms with Gasteiger partial charge in [-0.05, 0) is 62.8 Å². The molecule has 1 aromatic carbocycles. The van der Waals surface area contributed by atoms with Crippen molar-refractivity contribution in [2.24, 2.45) is 0 Å². The Morgan fingerprint density at radius 1 is 0.952 bits per heavy atom. The van der Waals surface area contributed by atoms with Crippen LogP contribution in [-0.2, 0) is 6.42 Å². The molecule has 1 aromatic heterocycles. The second-order valence-electron chi connectivity index (χ2n) is 5.73. The molecular formula is C18H25N3. The number of benzene rings is 1. The highest BCUT2D eigenvalue weighted by molar-refractivity contribution is 5.48. The number of rotatable bonds is 7. The van der Waals surface area contributed by atoms with Crippen LogP contribution in [0.25, 0.3) is 0 Å². The minimum atomic E-state index is 1.03. The molecule has 0 saturated carbocycles. The average molecular weight is 283 g/mol. The lowest BCUT2D eigenvalue weighted by atomic mass is 10.1. The van der Waals surface area contributed by atoms with E-state index >= 15 is 0 Å². The number of likely N-dealkylation sites (N-methyl/N-ethyl adjacent to an activating group) is 1. The predicted octanol–water partition coefficient (Wildman–Crippen LogP) is 3.00. The van der Waals surface area contributed by atoms with Crippen LogP contribution in [0.2, 0.25) is 0 Å². The Bertz CT molecular complexity index is 537. The summed E-state index contributed by atoms with van der Waals surface area (Å²) in [6.45, 7) is 5.28. The van der Waals surface area contributed by atoms with E-state index in [0.717, 1.165) is 26.1 Å². The molecule has 0 atom stereocenters. The molecule has 1 heterocycles. The zero-order valence-electron chi connectivity index (χ0n) is 13.3. The van der Waals surface area contributed by atoms with E-state index in [1.54, 1.807) is 0 Å². The van der Waals surface area contributed by atoms with Gasteiger partial charge in [0.1, 0.15) is 0 Å². The van der Waals surface area contributed by atoms with E-state index in [0.29, 0.717) is 0 Å². The lowest BCUT2D eigenvalue weighted by molar-refractivity contribution is 0.413. The third-order valence-corrected chi connectivity index (χ3v) is 3.60. The molecule has 21 heavy (non-hydrogen) atoms. The van der Waals surface area contributed by atoms with Crippen LogP contribution < -0.4 is 4.90 Å². The van der Waals surface area contributed by atoms with Crippen molar-refractivity contribution in [1.82, 2.24) is 9.88 Å². The molecule has 0 unspecified atom stereocenters. The van der Waals surface area contributed by atoms with Gasteiger partial charge in [0.25, 0.3) is 0 Å². The van der Waals surface area contributed by atoms with E-state index in [4.69, 9.17) is 0 Å². The highest BCUT2D eigenvalue weighted by Crippen LogP contribution is 2.16. The molecule has 0 radical (unpaired) electrons. The Balaban J connectivity index is 2.05. The summed E-state index contributed by atoms with van der Waals surface area (Å²) in [5.41, 5.74) is 3.96. The summed E-state index contributed by atoms with van der Waals surface area (Å²) in [6.07, 6.45) is 4.78. The molecule has 2 aromatic rings. The fourth-order valence-electron chi connectivity index (χ4n) is 2.33. The minimum absolute atomic E-state index is 1.03.